The van der Waals surface area contributed by atoms with Crippen molar-refractivity contribution in [3.63, 3.8) is 0 Å². The predicted octanol–water partition coefficient (Wildman–Crippen LogP) is 1.18. The van der Waals surface area contributed by atoms with Gasteiger partial charge in [0.25, 0.3) is 0 Å². The molecule has 0 spiro atoms. The number of likely N-dealkylation sites (tertiary alicyclic amines) is 1. The van der Waals surface area contributed by atoms with Crippen LogP contribution in [0.2, 0.25) is 0 Å². The van der Waals surface area contributed by atoms with Crippen molar-refractivity contribution < 1.29 is 4.79 Å². The lowest BCUT2D eigenvalue weighted by Gasteiger charge is -2.26. The largest absolute Gasteiger partial charge is 0.342 e. The van der Waals surface area contributed by atoms with Crippen LogP contribution in [0.15, 0.2) is 24.5 Å². The van der Waals surface area contributed by atoms with Crippen molar-refractivity contribution in [3.05, 3.63) is 30.1 Å². The normalized spacial score (nSPS) is 15.9. The molecule has 1 amide bonds. The van der Waals surface area contributed by atoms with E-state index in [1.807, 2.05) is 17.0 Å². The Bertz CT molecular complexity index is 347. The summed E-state index contributed by atoms with van der Waals surface area (Å²) in [5, 5.41) is 3.18. The SMILES string of the molecule is O=C(CNCc1ccncc1)N1CCCCC1. The number of pyridine rings is 1. The highest BCUT2D eigenvalue weighted by atomic mass is 16.2. The van der Waals surface area contributed by atoms with Gasteiger partial charge in [0.05, 0.1) is 6.54 Å². The van der Waals surface area contributed by atoms with Crippen molar-refractivity contribution >= 4 is 5.91 Å². The van der Waals surface area contributed by atoms with Crippen LogP contribution in [0.3, 0.4) is 0 Å². The first-order valence-corrected chi connectivity index (χ1v) is 6.23. The topological polar surface area (TPSA) is 45.2 Å². The molecule has 2 heterocycles. The van der Waals surface area contributed by atoms with Crippen LogP contribution in [0.1, 0.15) is 24.8 Å². The highest BCUT2D eigenvalue weighted by Crippen LogP contribution is 2.08. The molecule has 1 fully saturated rings. The Morgan fingerprint density at radius 3 is 2.65 bits per heavy atom. The fourth-order valence-corrected chi connectivity index (χ4v) is 2.07. The zero-order chi connectivity index (χ0) is 11.9. The third-order valence-electron chi connectivity index (χ3n) is 3.06. The van der Waals surface area contributed by atoms with Crippen LogP contribution < -0.4 is 5.32 Å². The Kier molecular flexibility index (Phi) is 4.50. The van der Waals surface area contributed by atoms with Gasteiger partial charge in [0.2, 0.25) is 5.91 Å². The number of nitrogens with one attached hydrogen (secondary N) is 1. The summed E-state index contributed by atoms with van der Waals surface area (Å²) in [5.41, 5.74) is 1.16. The van der Waals surface area contributed by atoms with Gasteiger partial charge in [-0.1, -0.05) is 0 Å². The molecule has 4 nitrogen and oxygen atoms in total. The van der Waals surface area contributed by atoms with E-state index < -0.39 is 0 Å². The van der Waals surface area contributed by atoms with Gasteiger partial charge in [-0.2, -0.15) is 0 Å². The van der Waals surface area contributed by atoms with Crippen molar-refractivity contribution in [3.8, 4) is 0 Å². The molecule has 4 heteroatoms. The smallest absolute Gasteiger partial charge is 0.236 e. The molecule has 92 valence electrons. The number of aromatic nitrogens is 1. The minimum atomic E-state index is 0.221. The number of piperidine rings is 1. The van der Waals surface area contributed by atoms with Gasteiger partial charge in [0.15, 0.2) is 0 Å². The lowest BCUT2D eigenvalue weighted by molar-refractivity contribution is -0.131. The van der Waals surface area contributed by atoms with E-state index in [0.29, 0.717) is 6.54 Å². The first-order valence-electron chi connectivity index (χ1n) is 6.23. The summed E-state index contributed by atoms with van der Waals surface area (Å²) in [7, 11) is 0. The number of rotatable bonds is 4. The van der Waals surface area contributed by atoms with Crippen LogP contribution in [0, 0.1) is 0 Å². The molecule has 0 saturated carbocycles. The molecular weight excluding hydrogens is 214 g/mol. The number of hydrogen-bond acceptors (Lipinski definition) is 3. The van der Waals surface area contributed by atoms with Crippen LogP contribution in [-0.4, -0.2) is 35.4 Å². The fourth-order valence-electron chi connectivity index (χ4n) is 2.07. The maximum Gasteiger partial charge on any atom is 0.236 e. The summed E-state index contributed by atoms with van der Waals surface area (Å²) in [6.07, 6.45) is 7.09. The number of hydrogen-bond donors (Lipinski definition) is 1. The Labute approximate surface area is 102 Å². The molecule has 0 radical (unpaired) electrons. The van der Waals surface area contributed by atoms with Crippen LogP contribution in [0.25, 0.3) is 0 Å². The van der Waals surface area contributed by atoms with Crippen LogP contribution in [-0.2, 0) is 11.3 Å². The Balaban J connectivity index is 1.69. The molecule has 1 aromatic rings. The zero-order valence-corrected chi connectivity index (χ0v) is 10.1. The summed E-state index contributed by atoms with van der Waals surface area (Å²) < 4.78 is 0. The molecule has 0 bridgehead atoms. The van der Waals surface area contributed by atoms with Gasteiger partial charge in [-0.05, 0) is 37.0 Å². The number of carbonyl (C=O) groups excluding carboxylic acids is 1. The molecule has 1 aliphatic rings. The summed E-state index contributed by atoms with van der Waals surface area (Å²) in [6, 6.07) is 3.91. The van der Waals surface area contributed by atoms with Gasteiger partial charge in [-0.15, -0.1) is 0 Å². The maximum absolute atomic E-state index is 11.8. The lowest BCUT2D eigenvalue weighted by atomic mass is 10.1. The van der Waals surface area contributed by atoms with Gasteiger partial charge < -0.3 is 10.2 Å². The van der Waals surface area contributed by atoms with Gasteiger partial charge in [-0.25, -0.2) is 0 Å². The number of carbonyl (C=O) groups is 1. The monoisotopic (exact) mass is 233 g/mol. The van der Waals surface area contributed by atoms with E-state index in [9.17, 15) is 4.79 Å². The van der Waals surface area contributed by atoms with Gasteiger partial charge >= 0.3 is 0 Å². The second-order valence-corrected chi connectivity index (χ2v) is 4.40. The molecule has 1 aliphatic heterocycles. The molecule has 0 unspecified atom stereocenters. The van der Waals surface area contributed by atoms with E-state index in [1.54, 1.807) is 12.4 Å². The Morgan fingerprint density at radius 1 is 1.24 bits per heavy atom. The molecule has 0 aliphatic carbocycles. The molecule has 2 rings (SSSR count). The summed E-state index contributed by atoms with van der Waals surface area (Å²) in [5.74, 6) is 0.221. The molecule has 0 aromatic carbocycles. The van der Waals surface area contributed by atoms with E-state index in [0.717, 1.165) is 38.0 Å². The zero-order valence-electron chi connectivity index (χ0n) is 10.1. The first kappa shape index (κ1) is 12.0. The standard InChI is InChI=1S/C13H19N3O/c17-13(16-8-2-1-3-9-16)11-15-10-12-4-6-14-7-5-12/h4-7,15H,1-3,8-11H2. The van der Waals surface area contributed by atoms with Crippen molar-refractivity contribution in [1.29, 1.82) is 0 Å². The van der Waals surface area contributed by atoms with Gasteiger partial charge in [0.1, 0.15) is 0 Å². The summed E-state index contributed by atoms with van der Waals surface area (Å²) in [6.45, 7) is 3.01. The Morgan fingerprint density at radius 2 is 1.94 bits per heavy atom. The predicted molar refractivity (Wildman–Crippen MR) is 66.4 cm³/mol. The summed E-state index contributed by atoms with van der Waals surface area (Å²) in [4.78, 5) is 17.8. The summed E-state index contributed by atoms with van der Waals surface area (Å²) >= 11 is 0. The van der Waals surface area contributed by atoms with Crippen molar-refractivity contribution in [1.82, 2.24) is 15.2 Å². The van der Waals surface area contributed by atoms with Crippen LogP contribution >= 0.6 is 0 Å². The molecule has 0 atom stereocenters. The van der Waals surface area contributed by atoms with E-state index in [4.69, 9.17) is 0 Å². The highest BCUT2D eigenvalue weighted by Gasteiger charge is 2.15. The molecular formula is C13H19N3O. The average Bonchev–Trinajstić information content (AvgIpc) is 2.41. The minimum Gasteiger partial charge on any atom is -0.342 e. The van der Waals surface area contributed by atoms with Crippen molar-refractivity contribution in [2.24, 2.45) is 0 Å². The third kappa shape index (κ3) is 3.82. The fraction of sp³-hybridized carbons (Fsp3) is 0.538. The lowest BCUT2D eigenvalue weighted by Crippen LogP contribution is -2.40. The molecule has 1 saturated heterocycles. The van der Waals surface area contributed by atoms with Gasteiger partial charge in [-0.3, -0.25) is 9.78 Å². The first-order chi connectivity index (χ1) is 8.36. The third-order valence-corrected chi connectivity index (χ3v) is 3.06. The average molecular weight is 233 g/mol. The second-order valence-electron chi connectivity index (χ2n) is 4.40. The maximum atomic E-state index is 11.8. The number of amides is 1. The van der Waals surface area contributed by atoms with Crippen molar-refractivity contribution in [2.75, 3.05) is 19.6 Å². The van der Waals surface area contributed by atoms with Crippen molar-refractivity contribution in [2.45, 2.75) is 25.8 Å². The quantitative estimate of drug-likeness (QED) is 0.849. The minimum absolute atomic E-state index is 0.221. The van der Waals surface area contributed by atoms with Crippen LogP contribution in [0.4, 0.5) is 0 Å². The van der Waals surface area contributed by atoms with Crippen LogP contribution in [0.5, 0.6) is 0 Å². The molecule has 17 heavy (non-hydrogen) atoms. The van der Waals surface area contributed by atoms with E-state index >= 15 is 0 Å². The van der Waals surface area contributed by atoms with Gasteiger partial charge in [0, 0.05) is 32.0 Å². The molecule has 1 N–H and O–H groups in total. The Hall–Kier alpha value is -1.42. The van der Waals surface area contributed by atoms with E-state index in [2.05, 4.69) is 10.3 Å². The van der Waals surface area contributed by atoms with E-state index in [-0.39, 0.29) is 5.91 Å². The number of nitrogens with zero attached hydrogens (tertiary/aromatic N) is 2. The second kappa shape index (κ2) is 6.35. The molecule has 1 aromatic heterocycles. The van der Waals surface area contributed by atoms with E-state index in [1.165, 1.54) is 6.42 Å². The highest BCUT2D eigenvalue weighted by molar-refractivity contribution is 5.78.